The van der Waals surface area contributed by atoms with E-state index in [0.29, 0.717) is 35.3 Å². The van der Waals surface area contributed by atoms with Gasteiger partial charge in [0.2, 0.25) is 0 Å². The van der Waals surface area contributed by atoms with Crippen LogP contribution in [-0.4, -0.2) is 26.5 Å². The van der Waals surface area contributed by atoms with Crippen molar-refractivity contribution in [1.29, 1.82) is 0 Å². The molecule has 2 aromatic heterocycles. The number of nitrogens with zero attached hydrogens (tertiary/aromatic N) is 2. The maximum atomic E-state index is 13.0. The minimum absolute atomic E-state index is 0.152. The third-order valence-electron chi connectivity index (χ3n) is 5.26. The zero-order chi connectivity index (χ0) is 19.7. The van der Waals surface area contributed by atoms with Gasteiger partial charge in [0.05, 0.1) is 11.5 Å². The maximum absolute atomic E-state index is 13.0. The van der Waals surface area contributed by atoms with Gasteiger partial charge in [0, 0.05) is 36.2 Å². The number of hydrogen-bond donors (Lipinski definition) is 2. The standard InChI is InChI=1S/C21H24N4O2S/c1-12(2)8-10-28-21-24-19-18(20(27)25-21)16(13-5-4-9-22-11-13)17-14(23-19)6-3-7-15(17)26/h4-6,9,11-12,16-17H,3,7-8,10H2,1-2H3,(H2,23,24,25,27)/t16-,17-/m1/s1. The smallest absolute Gasteiger partial charge is 0.257 e. The van der Waals surface area contributed by atoms with Crippen LogP contribution in [0.15, 0.2) is 46.3 Å². The SMILES string of the molecule is CC(C)CCSc1nc2c(c(=O)[nH]1)[C@H](c1cccnc1)[C@H]1C(=O)CCC=C1N2. The zero-order valence-corrected chi connectivity index (χ0v) is 16.9. The Balaban J connectivity index is 1.78. The Hall–Kier alpha value is -2.41. The van der Waals surface area contributed by atoms with Gasteiger partial charge in [-0.25, -0.2) is 4.98 Å². The van der Waals surface area contributed by atoms with E-state index in [9.17, 15) is 9.59 Å². The first-order valence-electron chi connectivity index (χ1n) is 9.71. The quantitative estimate of drug-likeness (QED) is 0.592. The van der Waals surface area contributed by atoms with Gasteiger partial charge in [-0.2, -0.15) is 0 Å². The summed E-state index contributed by atoms with van der Waals surface area (Å²) >= 11 is 1.56. The summed E-state index contributed by atoms with van der Waals surface area (Å²) in [5, 5.41) is 3.90. The molecule has 146 valence electrons. The van der Waals surface area contributed by atoms with E-state index in [-0.39, 0.29) is 23.2 Å². The Bertz CT molecular complexity index is 968. The molecular weight excluding hydrogens is 372 g/mol. The normalized spacial score (nSPS) is 21.0. The molecule has 0 saturated heterocycles. The summed E-state index contributed by atoms with van der Waals surface area (Å²) in [7, 11) is 0. The lowest BCUT2D eigenvalue weighted by Gasteiger charge is -2.36. The number of aromatic nitrogens is 3. The number of H-pyrrole nitrogens is 1. The van der Waals surface area contributed by atoms with Gasteiger partial charge >= 0.3 is 0 Å². The third-order valence-corrected chi connectivity index (χ3v) is 6.16. The number of allylic oxidation sites excluding steroid dienone is 2. The van der Waals surface area contributed by atoms with Crippen LogP contribution in [0.2, 0.25) is 0 Å². The number of carbonyl (C=O) groups excluding carboxylic acids is 1. The van der Waals surface area contributed by atoms with Crippen LogP contribution in [0.1, 0.15) is 50.2 Å². The fraction of sp³-hybridized carbons (Fsp3) is 0.429. The molecule has 3 heterocycles. The molecule has 0 bridgehead atoms. The van der Waals surface area contributed by atoms with Crippen molar-refractivity contribution >= 4 is 23.4 Å². The minimum Gasteiger partial charge on any atom is -0.343 e. The number of ketones is 1. The number of anilines is 1. The number of aromatic amines is 1. The lowest BCUT2D eigenvalue weighted by molar-refractivity contribution is -0.122. The topological polar surface area (TPSA) is 87.7 Å². The molecule has 2 aromatic rings. The van der Waals surface area contributed by atoms with Crippen molar-refractivity contribution in [2.45, 2.75) is 44.2 Å². The fourth-order valence-corrected chi connectivity index (χ4v) is 4.95. The van der Waals surface area contributed by atoms with E-state index in [2.05, 4.69) is 40.2 Å². The zero-order valence-electron chi connectivity index (χ0n) is 16.1. The molecule has 0 aromatic carbocycles. The Morgan fingerprint density at radius 1 is 1.29 bits per heavy atom. The lowest BCUT2D eigenvalue weighted by atomic mass is 9.72. The molecule has 2 atom stereocenters. The molecule has 2 aliphatic rings. The van der Waals surface area contributed by atoms with Crippen LogP contribution < -0.4 is 10.9 Å². The predicted octanol–water partition coefficient (Wildman–Crippen LogP) is 3.72. The van der Waals surface area contributed by atoms with Crippen molar-refractivity contribution in [2.24, 2.45) is 11.8 Å². The second-order valence-corrected chi connectivity index (χ2v) is 8.78. The lowest BCUT2D eigenvalue weighted by Crippen LogP contribution is -2.38. The van der Waals surface area contributed by atoms with Gasteiger partial charge < -0.3 is 10.3 Å². The predicted molar refractivity (Wildman–Crippen MR) is 111 cm³/mol. The summed E-state index contributed by atoms with van der Waals surface area (Å²) < 4.78 is 0. The molecule has 28 heavy (non-hydrogen) atoms. The minimum atomic E-state index is -0.382. The molecule has 4 rings (SSSR count). The Labute approximate surface area is 168 Å². The van der Waals surface area contributed by atoms with E-state index >= 15 is 0 Å². The summed E-state index contributed by atoms with van der Waals surface area (Å²) in [6.07, 6.45) is 7.76. The summed E-state index contributed by atoms with van der Waals surface area (Å²) in [5.41, 5.74) is 2.06. The van der Waals surface area contributed by atoms with Gasteiger partial charge in [-0.3, -0.25) is 14.6 Å². The molecular formula is C21H24N4O2S. The number of hydrogen-bond acceptors (Lipinski definition) is 6. The average Bonchev–Trinajstić information content (AvgIpc) is 2.67. The summed E-state index contributed by atoms with van der Waals surface area (Å²) in [4.78, 5) is 37.6. The molecule has 6 nitrogen and oxygen atoms in total. The van der Waals surface area contributed by atoms with E-state index in [0.717, 1.165) is 23.4 Å². The van der Waals surface area contributed by atoms with Crippen molar-refractivity contribution in [2.75, 3.05) is 11.1 Å². The number of rotatable bonds is 5. The third kappa shape index (κ3) is 3.63. The first kappa shape index (κ1) is 18.9. The second-order valence-electron chi connectivity index (χ2n) is 7.70. The molecule has 0 amide bonds. The van der Waals surface area contributed by atoms with Crippen LogP contribution in [0.4, 0.5) is 5.82 Å². The Morgan fingerprint density at radius 2 is 2.14 bits per heavy atom. The summed E-state index contributed by atoms with van der Waals surface area (Å²) in [6, 6.07) is 3.77. The maximum Gasteiger partial charge on any atom is 0.257 e. The highest BCUT2D eigenvalue weighted by atomic mass is 32.2. The van der Waals surface area contributed by atoms with E-state index < -0.39 is 0 Å². The summed E-state index contributed by atoms with van der Waals surface area (Å²) in [6.45, 7) is 4.35. The Kier molecular flexibility index (Phi) is 5.35. The Morgan fingerprint density at radius 3 is 2.89 bits per heavy atom. The molecule has 1 aliphatic carbocycles. The van der Waals surface area contributed by atoms with E-state index in [4.69, 9.17) is 0 Å². The number of fused-ring (bicyclic) bond motifs is 2. The van der Waals surface area contributed by atoms with Gasteiger partial charge in [-0.1, -0.05) is 37.8 Å². The van der Waals surface area contributed by atoms with Crippen LogP contribution in [-0.2, 0) is 4.79 Å². The molecule has 0 unspecified atom stereocenters. The van der Waals surface area contributed by atoms with Gasteiger partial charge in [0.1, 0.15) is 11.6 Å². The number of carbonyl (C=O) groups is 1. The first-order valence-corrected chi connectivity index (χ1v) is 10.7. The molecule has 0 spiro atoms. The molecule has 0 radical (unpaired) electrons. The van der Waals surface area contributed by atoms with Crippen molar-refractivity contribution in [3.8, 4) is 0 Å². The van der Waals surface area contributed by atoms with Gasteiger partial charge in [0.15, 0.2) is 5.16 Å². The van der Waals surface area contributed by atoms with Crippen molar-refractivity contribution in [3.63, 3.8) is 0 Å². The van der Waals surface area contributed by atoms with Gasteiger partial charge in [0.25, 0.3) is 5.56 Å². The second kappa shape index (κ2) is 7.91. The highest BCUT2D eigenvalue weighted by Gasteiger charge is 2.42. The first-order chi connectivity index (χ1) is 13.5. The van der Waals surface area contributed by atoms with E-state index in [1.807, 2.05) is 12.1 Å². The largest absolute Gasteiger partial charge is 0.343 e. The van der Waals surface area contributed by atoms with Crippen molar-refractivity contribution < 1.29 is 4.79 Å². The van der Waals surface area contributed by atoms with E-state index in [1.165, 1.54) is 0 Å². The molecule has 0 fully saturated rings. The molecule has 0 saturated carbocycles. The molecule has 2 N–H and O–H groups in total. The highest BCUT2D eigenvalue weighted by Crippen LogP contribution is 2.44. The van der Waals surface area contributed by atoms with Gasteiger partial charge in [-0.05, 0) is 30.4 Å². The number of Topliss-reactive ketones (excluding diaryl/α,β-unsaturated/α-hetero) is 1. The van der Waals surface area contributed by atoms with Crippen LogP contribution in [0, 0.1) is 11.8 Å². The van der Waals surface area contributed by atoms with Crippen LogP contribution >= 0.6 is 11.8 Å². The monoisotopic (exact) mass is 396 g/mol. The summed E-state index contributed by atoms with van der Waals surface area (Å²) in [5.74, 6) is 1.46. The highest BCUT2D eigenvalue weighted by molar-refractivity contribution is 7.99. The number of pyridine rings is 1. The van der Waals surface area contributed by atoms with Crippen LogP contribution in [0.3, 0.4) is 0 Å². The number of thioether (sulfide) groups is 1. The fourth-order valence-electron chi connectivity index (χ4n) is 3.85. The van der Waals surface area contributed by atoms with Gasteiger partial charge in [-0.15, -0.1) is 0 Å². The molecule has 7 heteroatoms. The van der Waals surface area contributed by atoms with Crippen molar-refractivity contribution in [3.05, 3.63) is 57.8 Å². The number of nitrogens with one attached hydrogen (secondary N) is 2. The molecule has 1 aliphatic heterocycles. The van der Waals surface area contributed by atoms with Crippen LogP contribution in [0.25, 0.3) is 0 Å². The van der Waals surface area contributed by atoms with E-state index in [1.54, 1.807) is 24.2 Å². The van der Waals surface area contributed by atoms with Crippen LogP contribution in [0.5, 0.6) is 0 Å². The van der Waals surface area contributed by atoms with Crippen molar-refractivity contribution in [1.82, 2.24) is 15.0 Å². The average molecular weight is 397 g/mol.